The second-order valence-electron chi connectivity index (χ2n) is 24.0. The molecule has 28 heteroatoms. The monoisotopic (exact) mass is 1610 g/mol. The van der Waals surface area contributed by atoms with E-state index in [1.807, 2.05) is 130 Å². The number of aromatic nitrogens is 12. The number of amides is 2. The van der Waals surface area contributed by atoms with Crippen molar-refractivity contribution in [1.29, 1.82) is 0 Å². The molecule has 3 aromatic carbocycles. The van der Waals surface area contributed by atoms with Crippen LogP contribution < -0.4 is 22.5 Å². The van der Waals surface area contributed by atoms with Crippen LogP contribution in [0.3, 0.4) is 0 Å². The van der Waals surface area contributed by atoms with Gasteiger partial charge in [0.2, 0.25) is 0 Å². The number of hydrogen-bond acceptors (Lipinski definition) is 19. The summed E-state index contributed by atoms with van der Waals surface area (Å²) in [5.74, 6) is 0.800. The van der Waals surface area contributed by atoms with Crippen LogP contribution in [0.5, 0.6) is 0 Å². The molecule has 8 N–H and O–H groups in total. The van der Waals surface area contributed by atoms with Crippen molar-refractivity contribution in [1.82, 2.24) is 73.9 Å². The van der Waals surface area contributed by atoms with E-state index in [9.17, 15) is 14.4 Å². The first-order valence-corrected chi connectivity index (χ1v) is 37.5. The zero-order chi connectivity index (χ0) is 70.8. The van der Waals surface area contributed by atoms with Gasteiger partial charge in [-0.15, -0.1) is 34.0 Å². The first-order chi connectivity index (χ1) is 50.2. The number of anilines is 3. The number of benzene rings is 3. The van der Waals surface area contributed by atoms with Crippen LogP contribution in [-0.4, -0.2) is 131 Å². The van der Waals surface area contributed by atoms with Crippen LogP contribution in [0.1, 0.15) is 65.4 Å². The summed E-state index contributed by atoms with van der Waals surface area (Å²) in [6, 6.07) is 41.2. The van der Waals surface area contributed by atoms with Crippen molar-refractivity contribution >= 4 is 183 Å². The fourth-order valence-electron chi connectivity index (χ4n) is 12.4. The van der Waals surface area contributed by atoms with Gasteiger partial charge in [-0.2, -0.15) is 28.8 Å². The maximum atomic E-state index is 12.7. The zero-order valence-electron chi connectivity index (χ0n) is 54.4. The lowest BCUT2D eigenvalue weighted by atomic mass is 10.0. The van der Waals surface area contributed by atoms with Crippen molar-refractivity contribution in [2.24, 2.45) is 0 Å². The van der Waals surface area contributed by atoms with Gasteiger partial charge in [0, 0.05) is 101 Å². The molecule has 0 radical (unpaired) electrons. The second-order valence-corrected chi connectivity index (χ2v) is 29.2. The largest absolute Gasteiger partial charge is 0.477 e. The summed E-state index contributed by atoms with van der Waals surface area (Å²) < 4.78 is 7.17. The van der Waals surface area contributed by atoms with Crippen molar-refractivity contribution in [2.75, 3.05) is 56.5 Å². The summed E-state index contributed by atoms with van der Waals surface area (Å²) in [7, 11) is 0. The highest BCUT2D eigenvalue weighted by molar-refractivity contribution is 9.11. The predicted octanol–water partition coefficient (Wildman–Crippen LogP) is 15.7. The van der Waals surface area contributed by atoms with Crippen LogP contribution in [0.4, 0.5) is 17.5 Å². The summed E-state index contributed by atoms with van der Waals surface area (Å²) in [4.78, 5) is 69.7. The van der Waals surface area contributed by atoms with E-state index in [-0.39, 0.29) is 11.8 Å². The van der Waals surface area contributed by atoms with Gasteiger partial charge < -0.3 is 37.4 Å². The quantitative estimate of drug-likeness (QED) is 0.0897. The molecular weight excluding hydrogens is 1550 g/mol. The molecule has 0 saturated carbocycles. The minimum atomic E-state index is -0.847. The van der Waals surface area contributed by atoms with Gasteiger partial charge in [-0.05, 0) is 161 Å². The zero-order valence-corrected chi connectivity index (χ0v) is 61.6. The molecular formula is C75H59Br3N18O4S3. The van der Waals surface area contributed by atoms with Crippen molar-refractivity contribution < 1.29 is 19.5 Å². The average molecular weight is 1610 g/mol. The molecule has 0 saturated heterocycles. The number of halogens is 3. The standard InChI is InChI=1S/2C25H19BrN6OS.C20H17BrN6.C5H4O2S/c2*26-21-22(15-7-9-31(10-8-15)25(33)20-6-3-11-34-20)30-24-18(14-29-32(24)23(21)27)17-12-16-4-1-2-5-19(16)28-13-17;21-17-18(12-5-7-23-8-6-12)26-20-15(11-25-27(20)19(17)22)14-9-13-3-1-2-4-16(13)24-10-14;6-5(7)4-2-1-3-8-4/h2*1-7,11-14H,8-10,27H2;1-5,9-11,23H,6-8,22H2;1-3H,(H,6,7). The molecule has 2 amide bonds. The molecule has 3 aliphatic heterocycles. The maximum absolute atomic E-state index is 12.7. The molecule has 0 aliphatic carbocycles. The van der Waals surface area contributed by atoms with Crippen LogP contribution in [0.25, 0.3) is 99.8 Å². The molecule has 0 fully saturated rings. The van der Waals surface area contributed by atoms with E-state index in [1.54, 1.807) is 49.6 Å². The number of nitrogens with one attached hydrogen (secondary N) is 1. The first-order valence-electron chi connectivity index (χ1n) is 32.5. The average Bonchev–Trinajstić information content (AvgIpc) is 1.68. The number of fused-ring (bicyclic) bond motifs is 6. The minimum Gasteiger partial charge on any atom is -0.477 e. The molecule has 22 nitrogen and oxygen atoms in total. The van der Waals surface area contributed by atoms with E-state index in [0.717, 1.165) is 134 Å². The Hall–Kier alpha value is -10.7. The molecule has 15 heterocycles. The number of nitrogens with zero attached hydrogens (tertiary/aromatic N) is 14. The van der Waals surface area contributed by atoms with E-state index < -0.39 is 5.97 Å². The number of pyridine rings is 3. The van der Waals surface area contributed by atoms with E-state index in [4.69, 9.17) is 37.3 Å². The lowest BCUT2D eigenvalue weighted by Gasteiger charge is -2.26. The molecule has 0 bridgehead atoms. The third-order valence-electron chi connectivity index (χ3n) is 17.7. The number of thiophene rings is 3. The number of hydrogen-bond donors (Lipinski definition) is 5. The third-order valence-corrected chi connectivity index (χ3v) is 22.7. The van der Waals surface area contributed by atoms with E-state index in [1.165, 1.54) is 39.6 Å². The van der Waals surface area contributed by atoms with Gasteiger partial charge in [0.25, 0.3) is 11.8 Å². The van der Waals surface area contributed by atoms with Crippen molar-refractivity contribution in [3.63, 3.8) is 0 Å². The van der Waals surface area contributed by atoms with Crippen LogP contribution in [0, 0.1) is 0 Å². The molecule has 512 valence electrons. The summed E-state index contributed by atoms with van der Waals surface area (Å²) in [5, 5.41) is 33.8. The number of carboxylic acids is 1. The van der Waals surface area contributed by atoms with Crippen LogP contribution >= 0.6 is 81.8 Å². The lowest BCUT2D eigenvalue weighted by molar-refractivity contribution is 0.0700. The summed E-state index contributed by atoms with van der Waals surface area (Å²) in [5.41, 5.74) is 35.4. The number of rotatable bonds is 9. The van der Waals surface area contributed by atoms with Crippen LogP contribution in [0.2, 0.25) is 0 Å². The number of carbonyl (C=O) groups is 3. The summed E-state index contributed by atoms with van der Waals surface area (Å²) in [6.45, 7) is 4.10. The highest BCUT2D eigenvalue weighted by Crippen LogP contribution is 2.39. The third kappa shape index (κ3) is 13.8. The fraction of sp³-hybridized carbons (Fsp3) is 0.120. The Morgan fingerprint density at radius 2 is 0.806 bits per heavy atom. The van der Waals surface area contributed by atoms with Gasteiger partial charge in [-0.1, -0.05) is 91.0 Å². The summed E-state index contributed by atoms with van der Waals surface area (Å²) >= 11 is 15.0. The normalized spacial score (nSPS) is 13.8. The number of carboxylic acid groups (broad SMARTS) is 1. The Morgan fingerprint density at radius 3 is 1.12 bits per heavy atom. The Balaban J connectivity index is 0.000000119. The second kappa shape index (κ2) is 29.7. The maximum Gasteiger partial charge on any atom is 0.345 e. The molecule has 0 atom stereocenters. The highest BCUT2D eigenvalue weighted by atomic mass is 79.9. The van der Waals surface area contributed by atoms with Crippen molar-refractivity contribution in [3.05, 3.63) is 244 Å². The number of carbonyl (C=O) groups excluding carboxylic acids is 2. The van der Waals surface area contributed by atoms with Crippen LogP contribution in [-0.2, 0) is 0 Å². The topological polar surface area (TPSA) is 297 Å². The smallest absolute Gasteiger partial charge is 0.345 e. The molecule has 0 unspecified atom stereocenters. The van der Waals surface area contributed by atoms with Gasteiger partial charge in [-0.3, -0.25) is 24.5 Å². The lowest BCUT2D eigenvalue weighted by Crippen LogP contribution is -2.34. The Kier molecular flexibility index (Phi) is 19.6. The molecule has 15 aromatic rings. The number of nitrogen functional groups attached to an aromatic ring is 3. The van der Waals surface area contributed by atoms with Gasteiger partial charge in [0.15, 0.2) is 16.9 Å². The Morgan fingerprint density at radius 1 is 0.447 bits per heavy atom. The van der Waals surface area contributed by atoms with E-state index >= 15 is 0 Å². The van der Waals surface area contributed by atoms with Gasteiger partial charge in [0.05, 0.1) is 75.4 Å². The van der Waals surface area contributed by atoms with Gasteiger partial charge in [-0.25, -0.2) is 19.7 Å². The number of aromatic carboxylic acids is 1. The molecule has 0 spiro atoms. The fourth-order valence-corrected chi connectivity index (χ4v) is 15.9. The molecule has 12 aromatic heterocycles. The minimum absolute atomic E-state index is 0.0640. The van der Waals surface area contributed by atoms with Gasteiger partial charge in [0.1, 0.15) is 22.3 Å². The first kappa shape index (κ1) is 68.1. The van der Waals surface area contributed by atoms with Crippen molar-refractivity contribution in [2.45, 2.75) is 19.3 Å². The summed E-state index contributed by atoms with van der Waals surface area (Å²) in [6.07, 6.45) is 19.5. The number of nitrogens with two attached hydrogens (primary N) is 3. The molecule has 3 aliphatic rings. The molecule has 18 rings (SSSR count). The molecule has 103 heavy (non-hydrogen) atoms. The SMILES string of the molecule is Nc1c(Br)c(C2=CCN(C(=O)c3cccs3)CC2)nc2c(-c3cnc4ccccc4c3)cnn12.Nc1c(Br)c(C2=CCN(C(=O)c3cccs3)CC2)nc2c(-c3cnc4ccccc4c3)cnn12.Nc1c(Br)c(C2=CCNCC2)nc2c(-c3cnc4ccccc4c3)cnn12.O=C(O)c1cccs1. The number of para-hydroxylation sites is 3. The highest BCUT2D eigenvalue weighted by Gasteiger charge is 2.28. The van der Waals surface area contributed by atoms with Crippen LogP contribution in [0.15, 0.2) is 212 Å². The Bertz CT molecular complexity index is 5640. The predicted molar refractivity (Wildman–Crippen MR) is 420 cm³/mol. The van der Waals surface area contributed by atoms with Gasteiger partial charge >= 0.3 is 5.97 Å². The Labute approximate surface area is 625 Å². The van der Waals surface area contributed by atoms with E-state index in [0.29, 0.717) is 81.6 Å². The van der Waals surface area contributed by atoms with E-state index in [2.05, 4.69) is 126 Å². The van der Waals surface area contributed by atoms with Crippen molar-refractivity contribution in [3.8, 4) is 33.4 Å².